The van der Waals surface area contributed by atoms with Crippen molar-refractivity contribution in [1.82, 2.24) is 0 Å². The van der Waals surface area contributed by atoms with E-state index in [4.69, 9.17) is 3.51 Å². The van der Waals surface area contributed by atoms with E-state index in [1.807, 2.05) is 0 Å². The van der Waals surface area contributed by atoms with Crippen LogP contribution in [0.2, 0.25) is 19.6 Å². The van der Waals surface area contributed by atoms with Crippen LogP contribution in [0.15, 0.2) is 48.5 Å². The van der Waals surface area contributed by atoms with Crippen LogP contribution in [0, 0.1) is 0 Å². The minimum absolute atomic E-state index is 1.08. The number of rotatable bonds is 2. The first-order valence-corrected chi connectivity index (χ1v) is 14.5. The van der Waals surface area contributed by atoms with Gasteiger partial charge in [0.2, 0.25) is 0 Å². The average Bonchev–Trinajstić information content (AvgIpc) is 2.80. The average molecular weight is 377 g/mol. The molecule has 2 aliphatic heterocycles. The van der Waals surface area contributed by atoms with Gasteiger partial charge >= 0.3 is 137 Å². The molecule has 2 aromatic rings. The molecule has 2 nitrogen and oxygen atoms in total. The van der Waals surface area contributed by atoms with Crippen molar-refractivity contribution < 1.29 is 7.01 Å². The second-order valence-electron chi connectivity index (χ2n) is 7.55. The summed E-state index contributed by atoms with van der Waals surface area (Å²) in [6, 6.07) is 18.1. The van der Waals surface area contributed by atoms with Crippen molar-refractivity contribution in [3.05, 3.63) is 59.7 Å². The van der Waals surface area contributed by atoms with E-state index < -0.39 is 21.7 Å². The molecule has 0 fully saturated rings. The van der Waals surface area contributed by atoms with Gasteiger partial charge in [0.25, 0.3) is 0 Å². The molecular formula is C18H24NOSeSi+. The molecule has 0 bridgehead atoms. The van der Waals surface area contributed by atoms with Crippen molar-refractivity contribution in [1.29, 1.82) is 0 Å². The molecule has 2 aliphatic rings. The van der Waals surface area contributed by atoms with Gasteiger partial charge in [0.1, 0.15) is 0 Å². The fourth-order valence-corrected chi connectivity index (χ4v) is 18.8. The third kappa shape index (κ3) is 1.85. The number of hydrogen-bond acceptors (Lipinski definition) is 1. The van der Waals surface area contributed by atoms with Gasteiger partial charge in [-0.3, -0.25) is 0 Å². The van der Waals surface area contributed by atoms with Crippen LogP contribution in [-0.2, 0) is 16.6 Å². The van der Waals surface area contributed by atoms with Gasteiger partial charge in [0, 0.05) is 0 Å². The van der Waals surface area contributed by atoms with Crippen molar-refractivity contribution >= 4 is 30.6 Å². The van der Waals surface area contributed by atoms with Crippen LogP contribution in [-0.4, -0.2) is 32.3 Å². The van der Waals surface area contributed by atoms with Crippen LogP contribution in [0.5, 0.6) is 0 Å². The van der Waals surface area contributed by atoms with Gasteiger partial charge in [-0.2, -0.15) is 0 Å². The molecule has 0 saturated carbocycles. The van der Waals surface area contributed by atoms with E-state index in [9.17, 15) is 0 Å². The van der Waals surface area contributed by atoms with E-state index in [1.165, 1.54) is 20.1 Å². The first kappa shape index (κ1) is 14.7. The predicted octanol–water partition coefficient (Wildman–Crippen LogP) is 2.57. The Morgan fingerprint density at radius 2 is 1.32 bits per heavy atom. The standard InChI is InChI=1S/C18H24NOSeSi/c1-19-13-15-9-5-7-11-17(15)21(19,20-22(2,3)4)18-12-8-6-10-16(18)14-19/h5-12H,13-14H2,1-4H3/q+1. The van der Waals surface area contributed by atoms with Gasteiger partial charge in [-0.05, 0) is 0 Å². The van der Waals surface area contributed by atoms with Gasteiger partial charge in [-0.1, -0.05) is 0 Å². The Balaban J connectivity index is 2.04. The summed E-state index contributed by atoms with van der Waals surface area (Å²) in [5.74, 6) is 0. The Kier molecular flexibility index (Phi) is 3.04. The van der Waals surface area contributed by atoms with Gasteiger partial charge in [-0.15, -0.1) is 0 Å². The molecule has 0 aliphatic carbocycles. The first-order valence-electron chi connectivity index (χ1n) is 7.90. The summed E-state index contributed by atoms with van der Waals surface area (Å²) in [6.07, 6.45) is 0. The third-order valence-electron chi connectivity index (χ3n) is 4.54. The molecule has 0 spiro atoms. The van der Waals surface area contributed by atoms with Crippen molar-refractivity contribution in [2.24, 2.45) is 0 Å². The van der Waals surface area contributed by atoms with Crippen LogP contribution in [0.4, 0.5) is 0 Å². The quantitative estimate of drug-likeness (QED) is 0.731. The maximum atomic E-state index is 7.13. The van der Waals surface area contributed by atoms with Gasteiger partial charge in [-0.25, -0.2) is 0 Å². The Morgan fingerprint density at radius 1 is 0.864 bits per heavy atom. The normalized spacial score (nSPS) is 32.0. The molecule has 0 amide bonds. The van der Waals surface area contributed by atoms with Gasteiger partial charge in [0.15, 0.2) is 0 Å². The molecule has 2 aromatic carbocycles. The molecule has 0 saturated heterocycles. The molecule has 4 rings (SSSR count). The van der Waals surface area contributed by atoms with Crippen LogP contribution < -0.4 is 8.92 Å². The molecule has 4 heteroatoms. The summed E-state index contributed by atoms with van der Waals surface area (Å²) in [4.78, 5) is 0. The molecule has 0 unspecified atom stereocenters. The van der Waals surface area contributed by atoms with E-state index in [1.54, 1.807) is 0 Å². The van der Waals surface area contributed by atoms with Crippen LogP contribution in [0.3, 0.4) is 0 Å². The van der Waals surface area contributed by atoms with Gasteiger partial charge < -0.3 is 0 Å². The molecular weight excluding hydrogens is 353 g/mol. The Bertz CT molecular complexity index is 703. The van der Waals surface area contributed by atoms with Crippen molar-refractivity contribution in [2.75, 3.05) is 7.05 Å². The molecule has 2 heterocycles. The molecule has 0 N–H and O–H groups in total. The summed E-state index contributed by atoms with van der Waals surface area (Å²) in [7, 11) is 0.783. The van der Waals surface area contributed by atoms with E-state index in [0.717, 1.165) is 16.6 Å². The van der Waals surface area contributed by atoms with Crippen molar-refractivity contribution in [2.45, 2.75) is 32.7 Å². The second kappa shape index (κ2) is 4.56. The van der Waals surface area contributed by atoms with E-state index >= 15 is 0 Å². The number of quaternary nitrogens is 1. The fraction of sp³-hybridized carbons (Fsp3) is 0.333. The van der Waals surface area contributed by atoms with E-state index in [-0.39, 0.29) is 0 Å². The number of benzene rings is 2. The van der Waals surface area contributed by atoms with E-state index in [0.29, 0.717) is 0 Å². The maximum absolute atomic E-state index is 7.13. The topological polar surface area (TPSA) is 9.23 Å². The summed E-state index contributed by atoms with van der Waals surface area (Å²) in [6.45, 7) is 9.26. The van der Waals surface area contributed by atoms with Crippen molar-refractivity contribution in [3.63, 3.8) is 0 Å². The fourth-order valence-electron chi connectivity index (χ4n) is 3.90. The summed E-state index contributed by atoms with van der Waals surface area (Å²) >= 11 is -2.44. The minimum atomic E-state index is -2.44. The van der Waals surface area contributed by atoms with E-state index in [2.05, 4.69) is 75.2 Å². The second-order valence-corrected chi connectivity index (χ2v) is 18.9. The predicted molar refractivity (Wildman–Crippen MR) is 95.9 cm³/mol. The SMILES string of the molecule is C[N+]12Cc3ccccc3[Se]1(O[Si](C)(C)C)c1ccccc1C2. The van der Waals surface area contributed by atoms with Gasteiger partial charge in [0.05, 0.1) is 0 Å². The zero-order chi connectivity index (χ0) is 15.6. The summed E-state index contributed by atoms with van der Waals surface area (Å²) in [5.41, 5.74) is 3.02. The summed E-state index contributed by atoms with van der Waals surface area (Å²) < 4.78 is 11.3. The Labute approximate surface area is 137 Å². The zero-order valence-corrected chi connectivity index (χ0v) is 16.5. The number of hydrogen-bond donors (Lipinski definition) is 0. The number of nitrogens with zero attached hydrogens (tertiary/aromatic N) is 1. The molecule has 22 heavy (non-hydrogen) atoms. The molecule has 0 atom stereocenters. The third-order valence-corrected chi connectivity index (χ3v) is 17.3. The zero-order valence-electron chi connectivity index (χ0n) is 13.8. The van der Waals surface area contributed by atoms with Crippen LogP contribution in [0.25, 0.3) is 0 Å². The van der Waals surface area contributed by atoms with Crippen LogP contribution in [0.1, 0.15) is 11.1 Å². The Morgan fingerprint density at radius 3 is 1.77 bits per heavy atom. The summed E-state index contributed by atoms with van der Waals surface area (Å²) in [5, 5.41) is 0. The first-order chi connectivity index (χ1) is 10.4. The van der Waals surface area contributed by atoms with Crippen molar-refractivity contribution in [3.8, 4) is 0 Å². The molecule has 0 aromatic heterocycles. The molecule has 0 radical (unpaired) electrons. The van der Waals surface area contributed by atoms with Crippen LogP contribution >= 0.6 is 0 Å². The number of fused-ring (bicyclic) bond motifs is 5. The monoisotopic (exact) mass is 378 g/mol. The molecule has 116 valence electrons. The Hall–Kier alpha value is -0.904.